The SMILES string of the molecule is C[C@@H]1C[C@H](C)CN(C[C@H](O)COCCOc2ccc(C(C)(C)CC(C)(C)C)cc2)C1. The zero-order valence-electron chi connectivity index (χ0n) is 20.4. The van der Waals surface area contributed by atoms with E-state index in [0.29, 0.717) is 43.6 Å². The molecule has 0 radical (unpaired) electrons. The van der Waals surface area contributed by atoms with Gasteiger partial charge in [0.1, 0.15) is 12.4 Å². The fourth-order valence-corrected chi connectivity index (χ4v) is 5.16. The summed E-state index contributed by atoms with van der Waals surface area (Å²) >= 11 is 0. The number of benzene rings is 1. The number of aliphatic hydroxyl groups is 1. The number of aliphatic hydroxyl groups excluding tert-OH is 1. The van der Waals surface area contributed by atoms with Crippen LogP contribution in [0.15, 0.2) is 24.3 Å². The summed E-state index contributed by atoms with van der Waals surface area (Å²) in [6, 6.07) is 8.44. The van der Waals surface area contributed by atoms with Crippen molar-refractivity contribution < 1.29 is 14.6 Å². The van der Waals surface area contributed by atoms with Gasteiger partial charge in [-0.05, 0) is 53.2 Å². The van der Waals surface area contributed by atoms with Crippen LogP contribution >= 0.6 is 0 Å². The van der Waals surface area contributed by atoms with E-state index in [1.165, 1.54) is 12.0 Å². The lowest BCUT2D eigenvalue weighted by Crippen LogP contribution is -2.43. The molecule has 0 unspecified atom stereocenters. The Kier molecular flexibility index (Phi) is 9.20. The third-order valence-corrected chi connectivity index (χ3v) is 5.83. The standard InChI is InChI=1S/C26H45NO3/c1-20-14-21(2)16-27(15-20)17-23(28)18-29-12-13-30-24-10-8-22(9-11-24)26(6,7)19-25(3,4)5/h8-11,20-21,23,28H,12-19H2,1-7H3/t20-,21+,23-/m0/s1. The first-order chi connectivity index (χ1) is 13.9. The molecule has 4 heteroatoms. The lowest BCUT2D eigenvalue weighted by molar-refractivity contribution is -0.00211. The molecule has 1 aromatic carbocycles. The monoisotopic (exact) mass is 419 g/mol. The second kappa shape index (κ2) is 11.0. The molecule has 0 bridgehead atoms. The Hall–Kier alpha value is -1.10. The van der Waals surface area contributed by atoms with Gasteiger partial charge in [-0.25, -0.2) is 0 Å². The van der Waals surface area contributed by atoms with Gasteiger partial charge < -0.3 is 19.5 Å². The highest BCUT2D eigenvalue weighted by Gasteiger charge is 2.27. The van der Waals surface area contributed by atoms with Crippen molar-refractivity contribution in [1.82, 2.24) is 4.90 Å². The zero-order valence-corrected chi connectivity index (χ0v) is 20.4. The molecule has 0 aromatic heterocycles. The Morgan fingerprint density at radius 3 is 2.17 bits per heavy atom. The van der Waals surface area contributed by atoms with Crippen LogP contribution in [-0.4, -0.2) is 55.6 Å². The molecule has 1 aliphatic rings. The first kappa shape index (κ1) is 25.2. The minimum Gasteiger partial charge on any atom is -0.491 e. The maximum Gasteiger partial charge on any atom is 0.119 e. The Morgan fingerprint density at radius 2 is 1.60 bits per heavy atom. The Labute approximate surface area is 185 Å². The number of rotatable bonds is 10. The van der Waals surface area contributed by atoms with Gasteiger partial charge in [0.25, 0.3) is 0 Å². The number of hydrogen-bond donors (Lipinski definition) is 1. The average Bonchev–Trinajstić information content (AvgIpc) is 2.59. The fraction of sp³-hybridized carbons (Fsp3) is 0.769. The predicted octanol–water partition coefficient (Wildman–Crippen LogP) is 5.13. The van der Waals surface area contributed by atoms with E-state index in [1.54, 1.807) is 0 Å². The van der Waals surface area contributed by atoms with Crippen molar-refractivity contribution in [2.75, 3.05) is 39.5 Å². The van der Waals surface area contributed by atoms with Gasteiger partial charge >= 0.3 is 0 Å². The minimum atomic E-state index is -0.438. The molecule has 4 nitrogen and oxygen atoms in total. The van der Waals surface area contributed by atoms with Crippen molar-refractivity contribution in [3.8, 4) is 5.75 Å². The van der Waals surface area contributed by atoms with Gasteiger partial charge in [0.2, 0.25) is 0 Å². The second-order valence-electron chi connectivity index (χ2n) is 11.4. The molecule has 30 heavy (non-hydrogen) atoms. The first-order valence-electron chi connectivity index (χ1n) is 11.7. The molecule has 1 aromatic rings. The van der Waals surface area contributed by atoms with Crippen molar-refractivity contribution in [3.63, 3.8) is 0 Å². The van der Waals surface area contributed by atoms with E-state index in [-0.39, 0.29) is 5.41 Å². The summed E-state index contributed by atoms with van der Waals surface area (Å²) in [4.78, 5) is 2.37. The highest BCUT2D eigenvalue weighted by molar-refractivity contribution is 5.31. The molecule has 0 aliphatic carbocycles. The number of β-amino-alcohol motifs (C(OH)–C–C–N with tert-alkyl or cyclic N) is 1. The van der Waals surface area contributed by atoms with Crippen molar-refractivity contribution in [1.29, 1.82) is 0 Å². The van der Waals surface area contributed by atoms with Crippen molar-refractivity contribution >= 4 is 0 Å². The lowest BCUT2D eigenvalue weighted by Gasteiger charge is -2.35. The van der Waals surface area contributed by atoms with Gasteiger partial charge in [-0.3, -0.25) is 0 Å². The average molecular weight is 420 g/mol. The largest absolute Gasteiger partial charge is 0.491 e. The van der Waals surface area contributed by atoms with Gasteiger partial charge in [0, 0.05) is 19.6 Å². The van der Waals surface area contributed by atoms with Crippen LogP contribution in [-0.2, 0) is 10.2 Å². The van der Waals surface area contributed by atoms with Crippen molar-refractivity contribution in [3.05, 3.63) is 29.8 Å². The topological polar surface area (TPSA) is 41.9 Å². The van der Waals surface area contributed by atoms with E-state index in [0.717, 1.165) is 25.3 Å². The molecular weight excluding hydrogens is 374 g/mol. The number of nitrogens with zero attached hydrogens (tertiary/aromatic N) is 1. The molecule has 0 amide bonds. The van der Waals surface area contributed by atoms with E-state index in [2.05, 4.69) is 65.5 Å². The van der Waals surface area contributed by atoms with Crippen LogP contribution in [0.5, 0.6) is 5.75 Å². The maximum atomic E-state index is 10.3. The predicted molar refractivity (Wildman–Crippen MR) is 125 cm³/mol. The summed E-state index contributed by atoms with van der Waals surface area (Å²) in [5.41, 5.74) is 1.77. The molecular formula is C26H45NO3. The summed E-state index contributed by atoms with van der Waals surface area (Å²) in [5, 5.41) is 10.3. The van der Waals surface area contributed by atoms with E-state index in [4.69, 9.17) is 9.47 Å². The van der Waals surface area contributed by atoms with Crippen molar-refractivity contribution in [2.45, 2.75) is 72.8 Å². The number of hydrogen-bond acceptors (Lipinski definition) is 4. The van der Waals surface area contributed by atoms with Crippen LogP contribution in [0.4, 0.5) is 0 Å². The normalized spacial score (nSPS) is 22.1. The van der Waals surface area contributed by atoms with Gasteiger partial charge in [0.15, 0.2) is 0 Å². The van der Waals surface area contributed by atoms with Crippen LogP contribution in [0.1, 0.15) is 66.9 Å². The molecule has 0 saturated carbocycles. The quantitative estimate of drug-likeness (QED) is 0.534. The molecule has 1 saturated heterocycles. The lowest BCUT2D eigenvalue weighted by atomic mass is 9.72. The van der Waals surface area contributed by atoms with E-state index < -0.39 is 6.10 Å². The molecule has 0 spiro atoms. The smallest absolute Gasteiger partial charge is 0.119 e. The van der Waals surface area contributed by atoms with Crippen LogP contribution in [0.3, 0.4) is 0 Å². The number of likely N-dealkylation sites (tertiary alicyclic amines) is 1. The zero-order chi connectivity index (χ0) is 22.4. The number of piperidine rings is 1. The van der Waals surface area contributed by atoms with E-state index in [9.17, 15) is 5.11 Å². The highest BCUT2D eigenvalue weighted by Crippen LogP contribution is 2.36. The highest BCUT2D eigenvalue weighted by atomic mass is 16.5. The molecule has 2 rings (SSSR count). The fourth-order valence-electron chi connectivity index (χ4n) is 5.16. The van der Waals surface area contributed by atoms with Gasteiger partial charge in [-0.2, -0.15) is 0 Å². The van der Waals surface area contributed by atoms with E-state index >= 15 is 0 Å². The minimum absolute atomic E-state index is 0.139. The summed E-state index contributed by atoms with van der Waals surface area (Å²) in [6.45, 7) is 20.3. The molecule has 1 fully saturated rings. The van der Waals surface area contributed by atoms with Crippen LogP contribution in [0, 0.1) is 17.3 Å². The molecule has 3 atom stereocenters. The third-order valence-electron chi connectivity index (χ3n) is 5.83. The molecule has 1 N–H and O–H groups in total. The van der Waals surface area contributed by atoms with E-state index in [1.807, 2.05) is 12.1 Å². The first-order valence-corrected chi connectivity index (χ1v) is 11.7. The van der Waals surface area contributed by atoms with Crippen LogP contribution < -0.4 is 4.74 Å². The van der Waals surface area contributed by atoms with Gasteiger partial charge in [0.05, 0.1) is 19.3 Å². The second-order valence-corrected chi connectivity index (χ2v) is 11.4. The summed E-state index contributed by atoms with van der Waals surface area (Å²) < 4.78 is 11.5. The Bertz CT molecular complexity index is 610. The summed E-state index contributed by atoms with van der Waals surface area (Å²) in [5.74, 6) is 2.28. The molecule has 1 heterocycles. The van der Waals surface area contributed by atoms with Crippen LogP contribution in [0.2, 0.25) is 0 Å². The number of ether oxygens (including phenoxy) is 2. The molecule has 172 valence electrons. The maximum absolute atomic E-state index is 10.3. The summed E-state index contributed by atoms with van der Waals surface area (Å²) in [7, 11) is 0. The Balaban J connectivity index is 1.66. The van der Waals surface area contributed by atoms with Gasteiger partial charge in [-0.15, -0.1) is 0 Å². The third kappa shape index (κ3) is 8.95. The van der Waals surface area contributed by atoms with Gasteiger partial charge in [-0.1, -0.05) is 60.6 Å². The van der Waals surface area contributed by atoms with Crippen molar-refractivity contribution in [2.24, 2.45) is 17.3 Å². The van der Waals surface area contributed by atoms with Crippen LogP contribution in [0.25, 0.3) is 0 Å². The summed E-state index contributed by atoms with van der Waals surface area (Å²) in [6.07, 6.45) is 1.98. The molecule has 1 aliphatic heterocycles. The Morgan fingerprint density at radius 1 is 1.00 bits per heavy atom.